The fourth-order valence-corrected chi connectivity index (χ4v) is 3.68. The number of aliphatic imine (C=N–C) groups is 1. The first kappa shape index (κ1) is 21.3. The van der Waals surface area contributed by atoms with E-state index in [9.17, 15) is 4.79 Å². The molecule has 0 radical (unpaired) electrons. The predicted octanol–water partition coefficient (Wildman–Crippen LogP) is 4.34. The van der Waals surface area contributed by atoms with Crippen LogP contribution in [0, 0.1) is 12.3 Å². The van der Waals surface area contributed by atoms with Crippen molar-refractivity contribution in [2.45, 2.75) is 6.92 Å². The summed E-state index contributed by atoms with van der Waals surface area (Å²) in [7, 11) is 3.32. The van der Waals surface area contributed by atoms with Crippen LogP contribution in [0.15, 0.2) is 52.4 Å². The van der Waals surface area contributed by atoms with Crippen molar-refractivity contribution in [1.82, 2.24) is 4.90 Å². The van der Waals surface area contributed by atoms with Gasteiger partial charge in [-0.25, -0.2) is 4.99 Å². The molecule has 0 unspecified atom stereocenters. The van der Waals surface area contributed by atoms with Crippen LogP contribution in [0.25, 0.3) is 6.08 Å². The van der Waals surface area contributed by atoms with E-state index in [-0.39, 0.29) is 12.5 Å². The lowest BCUT2D eigenvalue weighted by Gasteiger charge is -2.11. The van der Waals surface area contributed by atoms with Crippen LogP contribution in [0.1, 0.15) is 12.5 Å². The first-order valence-electron chi connectivity index (χ1n) is 9.29. The van der Waals surface area contributed by atoms with E-state index in [2.05, 4.69) is 10.9 Å². The van der Waals surface area contributed by atoms with Crippen LogP contribution in [0.3, 0.4) is 0 Å². The van der Waals surface area contributed by atoms with Crippen molar-refractivity contribution in [2.75, 3.05) is 27.4 Å². The molecule has 1 fully saturated rings. The zero-order valence-corrected chi connectivity index (χ0v) is 17.9. The van der Waals surface area contributed by atoms with Crippen molar-refractivity contribution >= 4 is 34.6 Å². The molecule has 1 heterocycles. The van der Waals surface area contributed by atoms with Gasteiger partial charge in [-0.1, -0.05) is 12.0 Å². The van der Waals surface area contributed by atoms with Gasteiger partial charge in [0.15, 0.2) is 16.7 Å². The lowest BCUT2D eigenvalue weighted by atomic mass is 10.2. The zero-order valence-electron chi connectivity index (χ0n) is 17.0. The van der Waals surface area contributed by atoms with E-state index in [0.29, 0.717) is 28.2 Å². The van der Waals surface area contributed by atoms with E-state index in [1.807, 2.05) is 49.4 Å². The Hall–Kier alpha value is -3.37. The Labute approximate surface area is 180 Å². The molecule has 1 amide bonds. The van der Waals surface area contributed by atoms with E-state index in [4.69, 9.17) is 20.6 Å². The van der Waals surface area contributed by atoms with Gasteiger partial charge in [-0.05, 0) is 66.7 Å². The van der Waals surface area contributed by atoms with Gasteiger partial charge >= 0.3 is 0 Å². The van der Waals surface area contributed by atoms with E-state index in [1.54, 1.807) is 20.2 Å². The molecule has 1 aliphatic rings. The maximum absolute atomic E-state index is 12.7. The second-order valence-corrected chi connectivity index (χ2v) is 7.21. The molecule has 154 valence electrons. The van der Waals surface area contributed by atoms with E-state index >= 15 is 0 Å². The molecule has 2 aromatic carbocycles. The number of amidine groups is 1. The van der Waals surface area contributed by atoms with Crippen LogP contribution < -0.4 is 14.2 Å². The molecule has 1 aliphatic heterocycles. The van der Waals surface area contributed by atoms with Gasteiger partial charge in [-0.3, -0.25) is 9.69 Å². The number of hydrogen-bond donors (Lipinski definition) is 0. The summed E-state index contributed by atoms with van der Waals surface area (Å²) >= 11 is 1.32. The second kappa shape index (κ2) is 9.90. The van der Waals surface area contributed by atoms with Crippen LogP contribution in [-0.4, -0.2) is 43.3 Å². The maximum Gasteiger partial charge on any atom is 0.266 e. The van der Waals surface area contributed by atoms with Crippen molar-refractivity contribution in [2.24, 2.45) is 4.99 Å². The Kier molecular flexibility index (Phi) is 7.04. The lowest BCUT2D eigenvalue weighted by molar-refractivity contribution is -0.121. The monoisotopic (exact) mass is 422 g/mol. The number of methoxy groups -OCH3 is 1. The van der Waals surface area contributed by atoms with Gasteiger partial charge in [0, 0.05) is 7.05 Å². The highest BCUT2D eigenvalue weighted by Crippen LogP contribution is 2.35. The minimum absolute atomic E-state index is 0.113. The molecule has 0 spiro atoms. The molecular formula is C23H22N2O4S. The molecule has 1 saturated heterocycles. The maximum atomic E-state index is 12.7. The van der Waals surface area contributed by atoms with Crippen LogP contribution in [0.2, 0.25) is 0 Å². The fourth-order valence-electron chi connectivity index (χ4n) is 2.69. The van der Waals surface area contributed by atoms with E-state index in [1.165, 1.54) is 16.7 Å². The van der Waals surface area contributed by atoms with Crippen LogP contribution in [0.5, 0.6) is 17.2 Å². The first-order chi connectivity index (χ1) is 14.5. The zero-order chi connectivity index (χ0) is 21.5. The average Bonchev–Trinajstić information content (AvgIpc) is 3.01. The highest BCUT2D eigenvalue weighted by Gasteiger charge is 2.30. The summed E-state index contributed by atoms with van der Waals surface area (Å²) in [5, 5.41) is 0.607. The Bertz CT molecular complexity index is 1020. The van der Waals surface area contributed by atoms with E-state index in [0.717, 1.165) is 17.0 Å². The van der Waals surface area contributed by atoms with E-state index < -0.39 is 0 Å². The quantitative estimate of drug-likeness (QED) is 0.491. The summed E-state index contributed by atoms with van der Waals surface area (Å²) in [4.78, 5) is 19.4. The number of amides is 1. The molecule has 7 heteroatoms. The normalized spacial score (nSPS) is 16.1. The molecule has 0 aromatic heterocycles. The number of carbonyl (C=O) groups is 1. The van der Waals surface area contributed by atoms with Gasteiger partial charge in [0.1, 0.15) is 12.4 Å². The third-order valence-electron chi connectivity index (χ3n) is 4.18. The van der Waals surface area contributed by atoms with Gasteiger partial charge in [0.05, 0.1) is 24.3 Å². The topological polar surface area (TPSA) is 60.4 Å². The SMILES string of the molecule is C#CCOc1ccc(/C=C2\SC(=Nc3ccc(OC)cc3)N(C)C2=O)cc1OCC. The van der Waals surface area contributed by atoms with Gasteiger partial charge < -0.3 is 14.2 Å². The molecule has 2 aromatic rings. The van der Waals surface area contributed by atoms with Gasteiger partial charge in [-0.2, -0.15) is 0 Å². The smallest absolute Gasteiger partial charge is 0.266 e. The molecule has 0 N–H and O–H groups in total. The Morgan fingerprint density at radius 2 is 1.93 bits per heavy atom. The highest BCUT2D eigenvalue weighted by molar-refractivity contribution is 8.18. The molecule has 3 rings (SSSR count). The summed E-state index contributed by atoms with van der Waals surface area (Å²) < 4.78 is 16.3. The van der Waals surface area contributed by atoms with Gasteiger partial charge in [0.25, 0.3) is 5.91 Å². The second-order valence-electron chi connectivity index (χ2n) is 6.20. The van der Waals surface area contributed by atoms with Crippen LogP contribution in [0.4, 0.5) is 5.69 Å². The van der Waals surface area contributed by atoms with Crippen molar-refractivity contribution in [3.05, 3.63) is 52.9 Å². The van der Waals surface area contributed by atoms with Crippen molar-refractivity contribution in [3.8, 4) is 29.6 Å². The number of ether oxygens (including phenoxy) is 3. The molecule has 0 bridgehead atoms. The Balaban J connectivity index is 1.84. The molecule has 0 saturated carbocycles. The largest absolute Gasteiger partial charge is 0.497 e. The number of benzene rings is 2. The lowest BCUT2D eigenvalue weighted by Crippen LogP contribution is -2.23. The molecule has 6 nitrogen and oxygen atoms in total. The summed E-state index contributed by atoms with van der Waals surface area (Å²) in [5.41, 5.74) is 1.56. The Morgan fingerprint density at radius 1 is 1.17 bits per heavy atom. The van der Waals surface area contributed by atoms with Crippen LogP contribution in [-0.2, 0) is 4.79 Å². The number of hydrogen-bond acceptors (Lipinski definition) is 6. The standard InChI is InChI=1S/C23H22N2O4S/c1-5-13-29-19-12-7-16(14-20(19)28-6-2)15-21-22(26)25(3)23(30-21)24-17-8-10-18(27-4)11-9-17/h1,7-12,14-15H,6,13H2,2-4H3/b21-15-,24-23?. The Morgan fingerprint density at radius 3 is 2.60 bits per heavy atom. The minimum Gasteiger partial charge on any atom is -0.497 e. The highest BCUT2D eigenvalue weighted by atomic mass is 32.2. The number of nitrogens with zero attached hydrogens (tertiary/aromatic N) is 2. The molecule has 0 aliphatic carbocycles. The molecule has 0 atom stereocenters. The van der Waals surface area contributed by atoms with Crippen molar-refractivity contribution in [3.63, 3.8) is 0 Å². The minimum atomic E-state index is -0.113. The number of carbonyl (C=O) groups excluding carboxylic acids is 1. The fraction of sp³-hybridized carbons (Fsp3) is 0.217. The van der Waals surface area contributed by atoms with Crippen LogP contribution >= 0.6 is 11.8 Å². The molecule has 30 heavy (non-hydrogen) atoms. The first-order valence-corrected chi connectivity index (χ1v) is 10.1. The summed E-state index contributed by atoms with van der Waals surface area (Å²) in [5.74, 6) is 4.23. The summed E-state index contributed by atoms with van der Waals surface area (Å²) in [6.45, 7) is 2.54. The van der Waals surface area contributed by atoms with Gasteiger partial charge in [0.2, 0.25) is 0 Å². The predicted molar refractivity (Wildman–Crippen MR) is 120 cm³/mol. The van der Waals surface area contributed by atoms with Gasteiger partial charge in [-0.15, -0.1) is 6.42 Å². The number of thioether (sulfide) groups is 1. The van der Waals surface area contributed by atoms with Crippen molar-refractivity contribution in [1.29, 1.82) is 0 Å². The number of terminal acetylenes is 1. The number of rotatable bonds is 7. The van der Waals surface area contributed by atoms with Crippen molar-refractivity contribution < 1.29 is 19.0 Å². The molecular weight excluding hydrogens is 400 g/mol. The third kappa shape index (κ3) is 4.97. The average molecular weight is 423 g/mol. The number of likely N-dealkylation sites (N-methyl/N-ethyl adjacent to an activating group) is 1. The third-order valence-corrected chi connectivity index (χ3v) is 5.24. The summed E-state index contributed by atoms with van der Waals surface area (Å²) in [6, 6.07) is 12.8. The summed E-state index contributed by atoms with van der Waals surface area (Å²) in [6.07, 6.45) is 7.08.